The number of H-pyrrole nitrogens is 1. The third kappa shape index (κ3) is 3.27. The number of aromatic nitrogens is 5. The van der Waals surface area contributed by atoms with Gasteiger partial charge in [0.15, 0.2) is 0 Å². The summed E-state index contributed by atoms with van der Waals surface area (Å²) in [7, 11) is 0. The van der Waals surface area contributed by atoms with Crippen LogP contribution in [0.1, 0.15) is 5.56 Å². The normalized spacial score (nSPS) is 11.6. The van der Waals surface area contributed by atoms with E-state index in [0.29, 0.717) is 37.2 Å². The zero-order chi connectivity index (χ0) is 22.7. The molecule has 2 aromatic carbocycles. The minimum absolute atomic E-state index is 0.246. The molecule has 1 N–H and O–H groups in total. The van der Waals surface area contributed by atoms with Crippen LogP contribution in [0.3, 0.4) is 0 Å². The highest BCUT2D eigenvalue weighted by Crippen LogP contribution is 2.27. The van der Waals surface area contributed by atoms with Crippen molar-refractivity contribution in [2.24, 2.45) is 0 Å². The topological polar surface area (TPSA) is 110 Å². The van der Waals surface area contributed by atoms with E-state index in [1.165, 1.54) is 20.5 Å². The fraction of sp³-hybridized carbons (Fsp3) is 0.0455. The van der Waals surface area contributed by atoms with Gasteiger partial charge in [-0.1, -0.05) is 40.6 Å². The summed E-state index contributed by atoms with van der Waals surface area (Å²) in [5.74, 6) is 0. The zero-order valence-electron chi connectivity index (χ0n) is 16.9. The van der Waals surface area contributed by atoms with Crippen molar-refractivity contribution in [2.75, 3.05) is 0 Å². The summed E-state index contributed by atoms with van der Waals surface area (Å²) in [4.78, 5) is 30.0. The number of rotatable bonds is 3. The molecule has 0 saturated heterocycles. The number of aryl methyl sites for hydroxylation is 1. The van der Waals surface area contributed by atoms with E-state index in [-0.39, 0.29) is 5.69 Å². The lowest BCUT2D eigenvalue weighted by Gasteiger charge is -2.00. The third-order valence-electron chi connectivity index (χ3n) is 5.15. The van der Waals surface area contributed by atoms with Crippen molar-refractivity contribution in [1.82, 2.24) is 19.9 Å². The Morgan fingerprint density at radius 3 is 2.70 bits per heavy atom. The van der Waals surface area contributed by atoms with Crippen LogP contribution in [-0.4, -0.2) is 19.9 Å². The Morgan fingerprint density at radius 1 is 1.09 bits per heavy atom. The summed E-state index contributed by atoms with van der Waals surface area (Å²) >= 11 is 7.26. The molecule has 162 valence electrons. The lowest BCUT2D eigenvalue weighted by Crippen LogP contribution is -2.36. The number of hydrogen-bond donors (Lipinski definition) is 1. The highest BCUT2D eigenvalue weighted by molar-refractivity contribution is 7.19. The Morgan fingerprint density at radius 2 is 1.91 bits per heavy atom. The number of aromatic amines is 1. The van der Waals surface area contributed by atoms with Crippen LogP contribution in [0.15, 0.2) is 73.3 Å². The Balaban J connectivity index is 1.45. The molecule has 4 heterocycles. The van der Waals surface area contributed by atoms with Crippen LogP contribution in [0.25, 0.3) is 43.6 Å². The molecule has 4 aromatic heterocycles. The summed E-state index contributed by atoms with van der Waals surface area (Å²) in [6.07, 6.45) is 1.61. The van der Waals surface area contributed by atoms with Crippen LogP contribution in [0, 0.1) is 6.92 Å². The van der Waals surface area contributed by atoms with E-state index < -0.39 is 11.3 Å². The van der Waals surface area contributed by atoms with Gasteiger partial charge in [-0.25, -0.2) is 19.1 Å². The lowest BCUT2D eigenvalue weighted by molar-refractivity contribution is -0.660. The van der Waals surface area contributed by atoms with Crippen molar-refractivity contribution in [3.05, 3.63) is 86.2 Å². The molecular formula is C22H13ClN5O4S+. The molecule has 0 aliphatic carbocycles. The molecule has 0 amide bonds. The molecule has 6 rings (SSSR count). The van der Waals surface area contributed by atoms with Crippen molar-refractivity contribution in [1.29, 1.82) is 0 Å². The summed E-state index contributed by atoms with van der Waals surface area (Å²) in [5.41, 5.74) is 2.13. The predicted molar refractivity (Wildman–Crippen MR) is 122 cm³/mol. The van der Waals surface area contributed by atoms with Crippen LogP contribution in [0.5, 0.6) is 0 Å². The predicted octanol–water partition coefficient (Wildman–Crippen LogP) is 3.75. The van der Waals surface area contributed by atoms with Gasteiger partial charge >= 0.3 is 16.9 Å². The van der Waals surface area contributed by atoms with Crippen LogP contribution >= 0.6 is 22.9 Å². The number of fused-ring (bicyclic) bond motifs is 2. The summed E-state index contributed by atoms with van der Waals surface area (Å²) in [6.45, 7) is 1.98. The van der Waals surface area contributed by atoms with Crippen molar-refractivity contribution in [2.45, 2.75) is 6.92 Å². The highest BCUT2D eigenvalue weighted by atomic mass is 35.5. The Bertz CT molecular complexity index is 1760. The van der Waals surface area contributed by atoms with E-state index in [9.17, 15) is 9.59 Å². The van der Waals surface area contributed by atoms with Crippen molar-refractivity contribution in [3.8, 4) is 27.6 Å². The van der Waals surface area contributed by atoms with Gasteiger partial charge in [0.1, 0.15) is 5.58 Å². The largest absolute Gasteiger partial charge is 0.438 e. The number of imidazole rings is 1. The molecule has 0 radical (unpaired) electrons. The number of nitrogens with zero attached hydrogens (tertiary/aromatic N) is 4. The molecule has 33 heavy (non-hydrogen) atoms. The maximum absolute atomic E-state index is 12.5. The molecule has 0 bridgehead atoms. The minimum Gasteiger partial charge on any atom is -0.422 e. The van der Waals surface area contributed by atoms with Gasteiger partial charge in [-0.2, -0.15) is 0 Å². The molecule has 0 spiro atoms. The summed E-state index contributed by atoms with van der Waals surface area (Å²) < 4.78 is 13.5. The van der Waals surface area contributed by atoms with Crippen molar-refractivity contribution >= 4 is 38.9 Å². The Kier molecular flexibility index (Phi) is 4.32. The number of benzene rings is 2. The molecule has 0 fully saturated rings. The standard InChI is InChI=1S/C22H12ClN5O4S/c1-11-2-5-14(6-3-11)28-18(21(30)32-26-28)19-25-27-10-16(24-22(27)33-19)15-9-12-8-13(23)4-7-17(12)31-20(15)29/h2-10H,1H3/p+1. The molecule has 0 saturated carbocycles. The Hall–Kier alpha value is -4.02. The molecule has 9 nitrogen and oxygen atoms in total. The van der Waals surface area contributed by atoms with Gasteiger partial charge in [0.2, 0.25) is 15.7 Å². The van der Waals surface area contributed by atoms with E-state index in [2.05, 4.69) is 15.4 Å². The fourth-order valence-electron chi connectivity index (χ4n) is 3.53. The molecule has 0 unspecified atom stereocenters. The Labute approximate surface area is 193 Å². The molecule has 0 atom stereocenters. The van der Waals surface area contributed by atoms with Gasteiger partial charge < -0.3 is 4.42 Å². The van der Waals surface area contributed by atoms with Crippen LogP contribution in [0.4, 0.5) is 0 Å². The third-order valence-corrected chi connectivity index (χ3v) is 6.32. The second-order valence-electron chi connectivity index (χ2n) is 7.39. The lowest BCUT2D eigenvalue weighted by atomic mass is 10.1. The van der Waals surface area contributed by atoms with E-state index in [4.69, 9.17) is 20.5 Å². The first kappa shape index (κ1) is 19.6. The van der Waals surface area contributed by atoms with Gasteiger partial charge in [-0.05, 0) is 41.1 Å². The fourth-order valence-corrected chi connectivity index (χ4v) is 4.61. The second-order valence-corrected chi connectivity index (χ2v) is 8.78. The molecule has 11 heteroatoms. The van der Waals surface area contributed by atoms with Crippen molar-refractivity contribution in [3.63, 3.8) is 0 Å². The maximum atomic E-state index is 12.5. The number of halogens is 1. The van der Waals surface area contributed by atoms with Crippen molar-refractivity contribution < 1.29 is 13.6 Å². The van der Waals surface area contributed by atoms with E-state index in [1.54, 1.807) is 30.5 Å². The van der Waals surface area contributed by atoms with Crippen LogP contribution in [-0.2, 0) is 0 Å². The smallest absolute Gasteiger partial charge is 0.422 e. The second kappa shape index (κ2) is 7.26. The zero-order valence-corrected chi connectivity index (χ0v) is 18.5. The highest BCUT2D eigenvalue weighted by Gasteiger charge is 2.29. The van der Waals surface area contributed by atoms with Crippen LogP contribution < -0.4 is 15.9 Å². The quantitative estimate of drug-likeness (QED) is 0.306. The van der Waals surface area contributed by atoms with Gasteiger partial charge in [-0.3, -0.25) is 4.52 Å². The van der Waals surface area contributed by atoms with Gasteiger partial charge in [0.05, 0.1) is 17.5 Å². The van der Waals surface area contributed by atoms with Crippen LogP contribution in [0.2, 0.25) is 5.02 Å². The molecule has 0 aliphatic rings. The number of hydrogen-bond acceptors (Lipinski definition) is 7. The number of nitrogens with one attached hydrogen (secondary N) is 1. The maximum Gasteiger partial charge on any atom is 0.438 e. The van der Waals surface area contributed by atoms with E-state index >= 15 is 0 Å². The molecular weight excluding hydrogens is 466 g/mol. The van der Waals surface area contributed by atoms with Gasteiger partial charge in [0, 0.05) is 22.5 Å². The molecule has 6 aromatic rings. The van der Waals surface area contributed by atoms with Gasteiger partial charge in [-0.15, -0.1) is 5.10 Å². The molecule has 0 aliphatic heterocycles. The summed E-state index contributed by atoms with van der Waals surface area (Å²) in [5, 5.41) is 8.74. The average molecular weight is 479 g/mol. The SMILES string of the molecule is Cc1ccc(-[n+]2[nH]oc(=O)c2-c2nn3cc(-c4cc5cc(Cl)ccc5oc4=O)nc3s2)cc1. The van der Waals surface area contributed by atoms with E-state index in [1.807, 2.05) is 31.2 Å². The monoisotopic (exact) mass is 478 g/mol. The minimum atomic E-state index is -0.556. The first-order chi connectivity index (χ1) is 16.0. The summed E-state index contributed by atoms with van der Waals surface area (Å²) in [6, 6.07) is 14.3. The van der Waals surface area contributed by atoms with E-state index in [0.717, 1.165) is 11.3 Å². The first-order valence-corrected chi connectivity index (χ1v) is 11.0. The van der Waals surface area contributed by atoms with Gasteiger partial charge in [0.25, 0.3) is 0 Å². The average Bonchev–Trinajstić information content (AvgIpc) is 3.47. The first-order valence-electron chi connectivity index (χ1n) is 9.77.